The first kappa shape index (κ1) is 45.4. The number of fused-ring (bicyclic) bond motifs is 11. The SMILES string of the molecule is [2H]c1c([2H])c([2H])c(-c2c3ccccc3c(-c3cccc(-c4ccc5oc6ccccc6c5c4-c4cccc5c4CCCC5)c3)c3ccccc23)c([2H])c1[2H].[2H]c1c([2H])c([2H])c(-c2c3ccccc3c(-c3cccc(-c4ccc5oc6ccccc6c5c4-c4ccccn4)c3)c3ccccc23)c([2H])c1[2H]. The fourth-order valence-corrected chi connectivity index (χ4v) is 15.0. The molecule has 19 rings (SSSR count). The standard InChI is InChI=1S/C48H34O.C43H27NO/c1-2-15-32(16-3-1)45-38-21-6-8-23-40(38)46(41-24-9-7-22-39(41)45)34-19-12-18-33(30-34)36-28-29-44-48(42-25-10-11-27-43(42)49-44)47(36)37-26-13-17-31-14-4-5-20-35(31)37;1-2-13-28(14-3-1)40-32-17-4-6-19-34(32)41(35-20-7-5-18-33(35)40)30-16-12-15-29(27-30)31-24-25-39-43(36-21-8-9-23-38(36)45-39)42(31)37-22-10-11-26-44-37/h1-3,6-13,15-19,21-30H,4-5,14,20H2;1-27H/i1D,2D,3D,15D,16D;1D,2D,3D,13D,14D. The van der Waals surface area contributed by atoms with E-state index in [1.54, 1.807) is 0 Å². The number of para-hydroxylation sites is 2. The van der Waals surface area contributed by atoms with Crippen LogP contribution in [-0.4, -0.2) is 4.98 Å². The lowest BCUT2D eigenvalue weighted by Crippen LogP contribution is -2.04. The monoisotopic (exact) mass is 1210 g/mol. The predicted molar refractivity (Wildman–Crippen MR) is 395 cm³/mol. The van der Waals surface area contributed by atoms with Gasteiger partial charge >= 0.3 is 0 Å². The van der Waals surface area contributed by atoms with Crippen LogP contribution < -0.4 is 0 Å². The highest BCUT2D eigenvalue weighted by atomic mass is 16.3. The van der Waals surface area contributed by atoms with Gasteiger partial charge < -0.3 is 8.83 Å². The van der Waals surface area contributed by atoms with Gasteiger partial charge in [-0.3, -0.25) is 4.98 Å². The van der Waals surface area contributed by atoms with Crippen molar-refractivity contribution in [3.05, 3.63) is 333 Å². The van der Waals surface area contributed by atoms with Gasteiger partial charge in [-0.05, 0) is 207 Å². The Kier molecular flexibility index (Phi) is 11.1. The number of aryl methyl sites for hydroxylation is 1. The zero-order valence-corrected chi connectivity index (χ0v) is 50.9. The van der Waals surface area contributed by atoms with Crippen LogP contribution in [0, 0.1) is 0 Å². The number of nitrogens with zero attached hydrogens (tertiary/aromatic N) is 1. The Hall–Kier alpha value is -11.9. The van der Waals surface area contributed by atoms with Crippen molar-refractivity contribution >= 4 is 87.0 Å². The van der Waals surface area contributed by atoms with Crippen LogP contribution in [0.4, 0.5) is 0 Å². The molecule has 3 heterocycles. The van der Waals surface area contributed by atoms with E-state index in [0.29, 0.717) is 11.1 Å². The Morgan fingerprint density at radius 3 is 1.14 bits per heavy atom. The highest BCUT2D eigenvalue weighted by Crippen LogP contribution is 2.50. The van der Waals surface area contributed by atoms with Gasteiger partial charge in [0, 0.05) is 38.9 Å². The normalized spacial score (nSPS) is 13.8. The van der Waals surface area contributed by atoms with Crippen LogP contribution in [0.5, 0.6) is 0 Å². The number of rotatable bonds is 8. The molecule has 1 aliphatic rings. The third-order valence-corrected chi connectivity index (χ3v) is 19.0. The molecule has 15 aromatic carbocycles. The first-order chi connectivity index (χ1) is 50.8. The number of aromatic nitrogens is 1. The van der Waals surface area contributed by atoms with Gasteiger partial charge in [0.05, 0.1) is 19.4 Å². The molecule has 0 bridgehead atoms. The lowest BCUT2D eigenvalue weighted by molar-refractivity contribution is 0.668. The Morgan fingerprint density at radius 1 is 0.277 bits per heavy atom. The molecule has 3 nitrogen and oxygen atoms in total. The van der Waals surface area contributed by atoms with Gasteiger partial charge in [0.2, 0.25) is 0 Å². The molecule has 0 saturated heterocycles. The molecule has 0 radical (unpaired) electrons. The van der Waals surface area contributed by atoms with Crippen LogP contribution in [-0.2, 0) is 12.8 Å². The van der Waals surface area contributed by atoms with Gasteiger partial charge in [-0.25, -0.2) is 0 Å². The molecule has 0 amide bonds. The zero-order valence-electron chi connectivity index (χ0n) is 60.9. The minimum Gasteiger partial charge on any atom is -0.456 e. The van der Waals surface area contributed by atoms with E-state index in [2.05, 4.69) is 115 Å². The average molecular weight is 1210 g/mol. The highest BCUT2D eigenvalue weighted by molar-refractivity contribution is 6.24. The van der Waals surface area contributed by atoms with E-state index in [-0.39, 0.29) is 59.5 Å². The van der Waals surface area contributed by atoms with Crippen molar-refractivity contribution in [1.29, 1.82) is 0 Å². The van der Waals surface area contributed by atoms with Crippen molar-refractivity contribution in [2.45, 2.75) is 25.7 Å². The molecular formula is C91H61NO2. The quantitative estimate of drug-likeness (QED) is 0.142. The molecule has 94 heavy (non-hydrogen) atoms. The molecule has 442 valence electrons. The maximum atomic E-state index is 8.93. The molecule has 0 spiro atoms. The maximum Gasteiger partial charge on any atom is 0.136 e. The summed E-state index contributed by atoms with van der Waals surface area (Å²) in [5.41, 5.74) is 20.5. The lowest BCUT2D eigenvalue weighted by atomic mass is 9.81. The second-order valence-electron chi connectivity index (χ2n) is 24.1. The molecule has 0 saturated carbocycles. The predicted octanol–water partition coefficient (Wildman–Crippen LogP) is 25.4. The number of hydrogen-bond acceptors (Lipinski definition) is 3. The minimum absolute atomic E-state index is 0.198. The minimum atomic E-state index is -0.405. The van der Waals surface area contributed by atoms with Gasteiger partial charge in [-0.1, -0.05) is 261 Å². The second kappa shape index (κ2) is 23.1. The van der Waals surface area contributed by atoms with Crippen molar-refractivity contribution in [1.82, 2.24) is 4.98 Å². The molecular weight excluding hydrogens is 1140 g/mol. The molecule has 3 aromatic heterocycles. The summed E-state index contributed by atoms with van der Waals surface area (Å²) in [6.45, 7) is 0. The first-order valence-corrected chi connectivity index (χ1v) is 32.0. The van der Waals surface area contributed by atoms with Gasteiger partial charge in [0.1, 0.15) is 22.3 Å². The van der Waals surface area contributed by atoms with Crippen LogP contribution in [0.2, 0.25) is 0 Å². The van der Waals surface area contributed by atoms with Gasteiger partial charge in [0.25, 0.3) is 0 Å². The van der Waals surface area contributed by atoms with Crippen molar-refractivity contribution in [2.75, 3.05) is 0 Å². The average Bonchev–Trinajstić information content (AvgIpc) is 0.840. The van der Waals surface area contributed by atoms with Gasteiger partial charge in [-0.2, -0.15) is 0 Å². The molecule has 1 aliphatic carbocycles. The van der Waals surface area contributed by atoms with Crippen molar-refractivity contribution in [3.63, 3.8) is 0 Å². The molecule has 18 aromatic rings. The smallest absolute Gasteiger partial charge is 0.136 e. The zero-order chi connectivity index (χ0) is 70.8. The maximum absolute atomic E-state index is 8.93. The van der Waals surface area contributed by atoms with Crippen molar-refractivity contribution in [2.24, 2.45) is 0 Å². The van der Waals surface area contributed by atoms with E-state index in [1.165, 1.54) is 35.1 Å². The van der Waals surface area contributed by atoms with E-state index in [0.717, 1.165) is 156 Å². The summed E-state index contributed by atoms with van der Waals surface area (Å²) in [4.78, 5) is 4.79. The fraction of sp³-hybridized carbons (Fsp3) is 0.0440. The molecule has 0 unspecified atom stereocenters. The summed E-state index contributed by atoms with van der Waals surface area (Å²) in [6.07, 6.45) is 6.34. The van der Waals surface area contributed by atoms with Crippen LogP contribution in [0.15, 0.2) is 330 Å². The van der Waals surface area contributed by atoms with Crippen LogP contribution in [0.25, 0.3) is 176 Å². The van der Waals surface area contributed by atoms with Crippen LogP contribution >= 0.6 is 0 Å². The van der Waals surface area contributed by atoms with E-state index in [1.807, 2.05) is 146 Å². The van der Waals surface area contributed by atoms with Crippen LogP contribution in [0.3, 0.4) is 0 Å². The van der Waals surface area contributed by atoms with Crippen molar-refractivity contribution in [3.8, 4) is 89.1 Å². The number of benzene rings is 15. The first-order valence-electron chi connectivity index (χ1n) is 37.0. The number of pyridine rings is 1. The largest absolute Gasteiger partial charge is 0.456 e. The van der Waals surface area contributed by atoms with E-state index >= 15 is 0 Å². The molecule has 3 heteroatoms. The summed E-state index contributed by atoms with van der Waals surface area (Å²) < 4.78 is 98.6. The van der Waals surface area contributed by atoms with Gasteiger partial charge in [-0.15, -0.1) is 0 Å². The Labute approximate surface area is 559 Å². The summed E-state index contributed by atoms with van der Waals surface area (Å²) in [5, 5.41) is 11.3. The van der Waals surface area contributed by atoms with E-state index in [4.69, 9.17) is 27.5 Å². The van der Waals surface area contributed by atoms with Crippen molar-refractivity contribution < 1.29 is 22.5 Å². The molecule has 0 aliphatic heterocycles. The van der Waals surface area contributed by atoms with Gasteiger partial charge in [0.15, 0.2) is 0 Å². The number of hydrogen-bond donors (Lipinski definition) is 0. The topological polar surface area (TPSA) is 39.2 Å². The third-order valence-electron chi connectivity index (χ3n) is 19.0. The van der Waals surface area contributed by atoms with E-state index < -0.39 is 12.1 Å². The lowest BCUT2D eigenvalue weighted by Gasteiger charge is -2.22. The summed E-state index contributed by atoms with van der Waals surface area (Å²) in [6, 6.07) is 83.7. The third kappa shape index (κ3) is 9.22. The van der Waals surface area contributed by atoms with E-state index in [9.17, 15) is 0 Å². The second-order valence-corrected chi connectivity index (χ2v) is 24.1. The molecule has 0 atom stereocenters. The summed E-state index contributed by atoms with van der Waals surface area (Å²) in [7, 11) is 0. The van der Waals surface area contributed by atoms with Crippen LogP contribution in [0.1, 0.15) is 37.7 Å². The molecule has 0 N–H and O–H groups in total. The molecule has 0 fully saturated rings. The Bertz CT molecular complexity index is 6460. The fourth-order valence-electron chi connectivity index (χ4n) is 15.0. The number of furan rings is 2. The Morgan fingerprint density at radius 2 is 0.670 bits per heavy atom. The highest BCUT2D eigenvalue weighted by Gasteiger charge is 2.25. The summed E-state index contributed by atoms with van der Waals surface area (Å²) >= 11 is 0. The Balaban J connectivity index is 0.000000149. The summed E-state index contributed by atoms with van der Waals surface area (Å²) in [5.74, 6) is 0.